The summed E-state index contributed by atoms with van der Waals surface area (Å²) < 4.78 is 0.895. The highest BCUT2D eigenvalue weighted by atomic mass is 79.9. The molecule has 1 aliphatic rings. The van der Waals surface area contributed by atoms with Crippen LogP contribution in [0.5, 0.6) is 0 Å². The lowest BCUT2D eigenvalue weighted by Gasteiger charge is -2.38. The van der Waals surface area contributed by atoms with Crippen LogP contribution < -0.4 is 0 Å². The predicted octanol–water partition coefficient (Wildman–Crippen LogP) is 3.31. The summed E-state index contributed by atoms with van der Waals surface area (Å²) in [6, 6.07) is 5.93. The summed E-state index contributed by atoms with van der Waals surface area (Å²) in [7, 11) is 2.14. The Hall–Kier alpha value is -0.420. The third-order valence-corrected chi connectivity index (χ3v) is 4.63. The summed E-state index contributed by atoms with van der Waals surface area (Å²) in [5.74, 6) is 0.119. The number of likely N-dealkylation sites (N-methyl/N-ethyl adjacent to an activating group) is 1. The van der Waals surface area contributed by atoms with Crippen molar-refractivity contribution in [3.05, 3.63) is 33.3 Å². The number of ketones is 1. The Morgan fingerprint density at radius 2 is 2.20 bits per heavy atom. The van der Waals surface area contributed by atoms with Gasteiger partial charge in [-0.2, -0.15) is 0 Å². The molecule has 2 rings (SSSR count). The lowest BCUT2D eigenvalue weighted by molar-refractivity contribution is 0.0843. The van der Waals surface area contributed by atoms with E-state index in [1.54, 1.807) is 12.1 Å². The van der Waals surface area contributed by atoms with Crippen LogP contribution in [-0.2, 0) is 0 Å². The highest BCUT2D eigenvalue weighted by molar-refractivity contribution is 9.10. The van der Waals surface area contributed by atoms with E-state index in [4.69, 9.17) is 11.6 Å². The van der Waals surface area contributed by atoms with Crippen molar-refractivity contribution in [3.63, 3.8) is 0 Å². The van der Waals surface area contributed by atoms with Gasteiger partial charge in [0, 0.05) is 48.7 Å². The van der Waals surface area contributed by atoms with E-state index in [0.29, 0.717) is 23.0 Å². The van der Waals surface area contributed by atoms with Gasteiger partial charge in [0.2, 0.25) is 0 Å². The van der Waals surface area contributed by atoms with Crippen LogP contribution in [0.2, 0.25) is 5.02 Å². The van der Waals surface area contributed by atoms with Crippen LogP contribution in [0.25, 0.3) is 0 Å². The normalized spacial score (nSPS) is 21.1. The quantitative estimate of drug-likeness (QED) is 0.771. The highest BCUT2D eigenvalue weighted by Crippen LogP contribution is 2.22. The van der Waals surface area contributed by atoms with Crippen molar-refractivity contribution >= 4 is 33.3 Å². The van der Waals surface area contributed by atoms with Crippen LogP contribution in [0, 0.1) is 0 Å². The summed E-state index contributed by atoms with van der Waals surface area (Å²) in [4.78, 5) is 17.0. The SMILES string of the molecule is CC1CN(C)CCN1CCC(=O)c1ccc(Br)cc1Cl. The molecule has 1 saturated heterocycles. The molecule has 0 radical (unpaired) electrons. The highest BCUT2D eigenvalue weighted by Gasteiger charge is 2.22. The summed E-state index contributed by atoms with van der Waals surface area (Å²) in [5, 5.41) is 0.524. The van der Waals surface area contributed by atoms with E-state index >= 15 is 0 Å². The van der Waals surface area contributed by atoms with Crippen LogP contribution in [-0.4, -0.2) is 54.9 Å². The summed E-state index contributed by atoms with van der Waals surface area (Å²) in [6.07, 6.45) is 0.523. The first kappa shape index (κ1) is 16.0. The first-order valence-electron chi connectivity index (χ1n) is 6.88. The third-order valence-electron chi connectivity index (χ3n) is 3.83. The van der Waals surface area contributed by atoms with Crippen molar-refractivity contribution in [2.75, 3.05) is 33.2 Å². The second-order valence-electron chi connectivity index (χ2n) is 5.44. The van der Waals surface area contributed by atoms with E-state index in [9.17, 15) is 4.79 Å². The Balaban J connectivity index is 1.92. The van der Waals surface area contributed by atoms with E-state index in [1.807, 2.05) is 6.07 Å². The minimum Gasteiger partial charge on any atom is -0.304 e. The number of hydrogen-bond acceptors (Lipinski definition) is 3. The largest absolute Gasteiger partial charge is 0.304 e. The fraction of sp³-hybridized carbons (Fsp3) is 0.533. The van der Waals surface area contributed by atoms with Crippen LogP contribution in [0.3, 0.4) is 0 Å². The lowest BCUT2D eigenvalue weighted by atomic mass is 10.1. The Kier molecular flexibility index (Phi) is 5.61. The smallest absolute Gasteiger partial charge is 0.165 e. The molecule has 0 bridgehead atoms. The molecule has 1 aromatic carbocycles. The van der Waals surface area contributed by atoms with Crippen molar-refractivity contribution < 1.29 is 4.79 Å². The third kappa shape index (κ3) is 4.04. The van der Waals surface area contributed by atoms with Gasteiger partial charge in [-0.05, 0) is 32.2 Å². The minimum absolute atomic E-state index is 0.119. The maximum Gasteiger partial charge on any atom is 0.165 e. The van der Waals surface area contributed by atoms with Gasteiger partial charge < -0.3 is 4.90 Å². The minimum atomic E-state index is 0.119. The molecule has 1 aromatic rings. The molecule has 3 nitrogen and oxygen atoms in total. The number of Topliss-reactive ketones (excluding diaryl/α,β-unsaturated/α-hetero) is 1. The molecule has 110 valence electrons. The van der Waals surface area contributed by atoms with Crippen molar-refractivity contribution in [1.82, 2.24) is 9.80 Å². The average Bonchev–Trinajstić information content (AvgIpc) is 2.37. The van der Waals surface area contributed by atoms with E-state index in [0.717, 1.165) is 30.7 Å². The lowest BCUT2D eigenvalue weighted by Crippen LogP contribution is -2.50. The number of rotatable bonds is 4. The van der Waals surface area contributed by atoms with Gasteiger partial charge in [0.1, 0.15) is 0 Å². The molecular weight excluding hydrogens is 340 g/mol. The number of piperazine rings is 1. The first-order chi connectivity index (χ1) is 9.47. The van der Waals surface area contributed by atoms with Gasteiger partial charge in [-0.3, -0.25) is 9.69 Å². The number of nitrogens with zero attached hydrogens (tertiary/aromatic N) is 2. The van der Waals surface area contributed by atoms with Gasteiger partial charge in [-0.25, -0.2) is 0 Å². The van der Waals surface area contributed by atoms with Gasteiger partial charge in [0.25, 0.3) is 0 Å². The molecule has 1 heterocycles. The predicted molar refractivity (Wildman–Crippen MR) is 86.6 cm³/mol. The molecule has 1 aliphatic heterocycles. The Morgan fingerprint density at radius 1 is 1.45 bits per heavy atom. The zero-order valence-corrected chi connectivity index (χ0v) is 14.2. The standard InChI is InChI=1S/C15H20BrClN2O/c1-11-10-18(2)7-8-19(11)6-5-15(20)13-4-3-12(16)9-14(13)17/h3-4,9,11H,5-8,10H2,1-2H3. The van der Waals surface area contributed by atoms with Crippen molar-refractivity contribution in [2.45, 2.75) is 19.4 Å². The second kappa shape index (κ2) is 7.03. The second-order valence-corrected chi connectivity index (χ2v) is 6.77. The molecule has 1 fully saturated rings. The van der Waals surface area contributed by atoms with Crippen molar-refractivity contribution in [2.24, 2.45) is 0 Å². The Labute approximate surface area is 134 Å². The Morgan fingerprint density at radius 3 is 2.85 bits per heavy atom. The number of benzene rings is 1. The molecule has 0 saturated carbocycles. The molecule has 0 aromatic heterocycles. The fourth-order valence-electron chi connectivity index (χ4n) is 2.60. The summed E-state index contributed by atoms with van der Waals surface area (Å²) in [6.45, 7) is 6.18. The van der Waals surface area contributed by atoms with Crippen LogP contribution in [0.1, 0.15) is 23.7 Å². The number of hydrogen-bond donors (Lipinski definition) is 0. The fourth-order valence-corrected chi connectivity index (χ4v) is 3.38. The monoisotopic (exact) mass is 358 g/mol. The first-order valence-corrected chi connectivity index (χ1v) is 8.05. The molecule has 0 N–H and O–H groups in total. The average molecular weight is 360 g/mol. The van der Waals surface area contributed by atoms with Crippen LogP contribution in [0.4, 0.5) is 0 Å². The summed E-state index contributed by atoms with van der Waals surface area (Å²) >= 11 is 9.47. The maximum atomic E-state index is 12.3. The van der Waals surface area contributed by atoms with Crippen LogP contribution in [0.15, 0.2) is 22.7 Å². The number of carbonyl (C=O) groups excluding carboxylic acids is 1. The van der Waals surface area contributed by atoms with E-state index in [1.165, 1.54) is 0 Å². The number of carbonyl (C=O) groups is 1. The molecule has 20 heavy (non-hydrogen) atoms. The molecule has 1 unspecified atom stereocenters. The topological polar surface area (TPSA) is 23.6 Å². The van der Waals surface area contributed by atoms with Gasteiger partial charge >= 0.3 is 0 Å². The molecular formula is C15H20BrClN2O. The zero-order valence-electron chi connectivity index (χ0n) is 11.9. The maximum absolute atomic E-state index is 12.3. The van der Waals surface area contributed by atoms with Crippen LogP contribution >= 0.6 is 27.5 Å². The molecule has 1 atom stereocenters. The number of halogens is 2. The molecule has 0 aliphatic carbocycles. The molecule has 0 amide bonds. The molecule has 0 spiro atoms. The van der Waals surface area contributed by atoms with Crippen molar-refractivity contribution in [3.8, 4) is 0 Å². The van der Waals surface area contributed by atoms with Gasteiger partial charge in [-0.1, -0.05) is 27.5 Å². The zero-order chi connectivity index (χ0) is 14.7. The van der Waals surface area contributed by atoms with E-state index in [-0.39, 0.29) is 5.78 Å². The van der Waals surface area contributed by atoms with Gasteiger partial charge in [-0.15, -0.1) is 0 Å². The van der Waals surface area contributed by atoms with Gasteiger partial charge in [0.15, 0.2) is 5.78 Å². The summed E-state index contributed by atoms with van der Waals surface area (Å²) in [5.41, 5.74) is 0.622. The van der Waals surface area contributed by atoms with Gasteiger partial charge in [0.05, 0.1) is 5.02 Å². The Bertz CT molecular complexity index is 495. The molecule has 5 heteroatoms. The van der Waals surface area contributed by atoms with Crippen molar-refractivity contribution in [1.29, 1.82) is 0 Å². The van der Waals surface area contributed by atoms with E-state index < -0.39 is 0 Å². The van der Waals surface area contributed by atoms with E-state index in [2.05, 4.69) is 39.7 Å².